The van der Waals surface area contributed by atoms with Gasteiger partial charge in [-0.15, -0.1) is 31.4 Å². The average molecular weight is 368 g/mol. The number of nitrogens with zero attached hydrogens (tertiary/aromatic N) is 2. The van der Waals surface area contributed by atoms with Gasteiger partial charge < -0.3 is 10.4 Å². The van der Waals surface area contributed by atoms with Crippen molar-refractivity contribution in [1.82, 2.24) is 10.2 Å². The quantitative estimate of drug-likeness (QED) is 0.475. The lowest BCUT2D eigenvalue weighted by Crippen LogP contribution is -2.45. The molecule has 0 radical (unpaired) electrons. The molecule has 0 aliphatic carbocycles. The highest BCUT2D eigenvalue weighted by molar-refractivity contribution is 5.85. The summed E-state index contributed by atoms with van der Waals surface area (Å²) in [6.45, 7) is 6.69. The fraction of sp³-hybridized carbons (Fsp3) is 0.429. The van der Waals surface area contributed by atoms with Crippen LogP contribution < -0.4 is 5.32 Å². The SMILES string of the molecule is C=CC[C@H](c1cc(F)cc([N+](=O)[O-])c1O)N1CCNCC1.Cl.Cl. The number of rotatable bonds is 5. The fourth-order valence-electron chi connectivity index (χ4n) is 2.62. The summed E-state index contributed by atoms with van der Waals surface area (Å²) in [6.07, 6.45) is 2.15. The third-order valence-electron chi connectivity index (χ3n) is 3.62. The molecule has 1 atom stereocenters. The Hall–Kier alpha value is -1.41. The normalized spacial score (nSPS) is 15.9. The fourth-order valence-corrected chi connectivity index (χ4v) is 2.62. The van der Waals surface area contributed by atoms with Crippen LogP contribution in [0, 0.1) is 15.9 Å². The van der Waals surface area contributed by atoms with E-state index < -0.39 is 22.2 Å². The molecule has 2 N–H and O–H groups in total. The summed E-state index contributed by atoms with van der Waals surface area (Å²) in [5, 5.41) is 24.3. The molecule has 130 valence electrons. The maximum absolute atomic E-state index is 13.7. The monoisotopic (exact) mass is 367 g/mol. The van der Waals surface area contributed by atoms with Crippen molar-refractivity contribution >= 4 is 30.5 Å². The Balaban J connectivity index is 0.00000242. The van der Waals surface area contributed by atoms with Gasteiger partial charge in [0.05, 0.1) is 11.0 Å². The van der Waals surface area contributed by atoms with E-state index in [1.165, 1.54) is 6.07 Å². The Kier molecular flexibility index (Phi) is 9.07. The van der Waals surface area contributed by atoms with Crippen molar-refractivity contribution in [3.8, 4) is 5.75 Å². The number of aromatic hydroxyl groups is 1. The number of halogens is 3. The average Bonchev–Trinajstić information content (AvgIpc) is 2.47. The van der Waals surface area contributed by atoms with Gasteiger partial charge in [0.2, 0.25) is 0 Å². The number of piperazine rings is 1. The first kappa shape index (κ1) is 21.6. The van der Waals surface area contributed by atoms with Gasteiger partial charge in [0.25, 0.3) is 0 Å². The van der Waals surface area contributed by atoms with Crippen molar-refractivity contribution in [2.24, 2.45) is 0 Å². The Morgan fingerprint density at radius 3 is 2.57 bits per heavy atom. The van der Waals surface area contributed by atoms with Crippen molar-refractivity contribution in [3.05, 3.63) is 46.3 Å². The molecule has 23 heavy (non-hydrogen) atoms. The van der Waals surface area contributed by atoms with Crippen LogP contribution in [0.25, 0.3) is 0 Å². The van der Waals surface area contributed by atoms with Gasteiger partial charge in [0.1, 0.15) is 5.82 Å². The van der Waals surface area contributed by atoms with Crippen LogP contribution in [0.5, 0.6) is 5.75 Å². The van der Waals surface area contributed by atoms with Crippen molar-refractivity contribution < 1.29 is 14.4 Å². The molecule has 1 heterocycles. The van der Waals surface area contributed by atoms with Gasteiger partial charge in [-0.25, -0.2) is 4.39 Å². The van der Waals surface area contributed by atoms with E-state index in [1.54, 1.807) is 6.08 Å². The van der Waals surface area contributed by atoms with Gasteiger partial charge >= 0.3 is 5.69 Å². The summed E-state index contributed by atoms with van der Waals surface area (Å²) in [6, 6.07) is 1.58. The smallest absolute Gasteiger partial charge is 0.313 e. The summed E-state index contributed by atoms with van der Waals surface area (Å²) in [5.41, 5.74) is -0.363. The van der Waals surface area contributed by atoms with Crippen LogP contribution in [0.4, 0.5) is 10.1 Å². The third-order valence-corrected chi connectivity index (χ3v) is 3.62. The molecule has 1 aromatic rings. The molecule has 0 aromatic heterocycles. The predicted molar refractivity (Wildman–Crippen MR) is 91.2 cm³/mol. The maximum Gasteiger partial charge on any atom is 0.313 e. The summed E-state index contributed by atoms with van der Waals surface area (Å²) in [5.74, 6) is -1.19. The predicted octanol–water partition coefficient (Wildman–Crippen LogP) is 2.81. The summed E-state index contributed by atoms with van der Waals surface area (Å²) in [7, 11) is 0. The number of hydrogen-bond acceptors (Lipinski definition) is 5. The van der Waals surface area contributed by atoms with Crippen LogP contribution in [0.1, 0.15) is 18.0 Å². The Bertz CT molecular complexity index is 554. The Morgan fingerprint density at radius 2 is 2.04 bits per heavy atom. The lowest BCUT2D eigenvalue weighted by molar-refractivity contribution is -0.386. The minimum atomic E-state index is -0.773. The van der Waals surface area contributed by atoms with Crippen LogP contribution in [0.3, 0.4) is 0 Å². The van der Waals surface area contributed by atoms with E-state index in [1.807, 2.05) is 0 Å². The molecule has 0 unspecified atom stereocenters. The van der Waals surface area contributed by atoms with Gasteiger partial charge in [-0.3, -0.25) is 15.0 Å². The lowest BCUT2D eigenvalue weighted by atomic mass is 9.99. The Labute approximate surface area is 146 Å². The lowest BCUT2D eigenvalue weighted by Gasteiger charge is -2.34. The topological polar surface area (TPSA) is 78.6 Å². The number of nitrogens with one attached hydrogen (secondary N) is 1. The van der Waals surface area contributed by atoms with E-state index in [0.29, 0.717) is 6.42 Å². The van der Waals surface area contributed by atoms with Crippen molar-refractivity contribution in [2.75, 3.05) is 26.2 Å². The second-order valence-electron chi connectivity index (χ2n) is 4.95. The molecule has 6 nitrogen and oxygen atoms in total. The van der Waals surface area contributed by atoms with Crippen LogP contribution in [-0.4, -0.2) is 41.1 Å². The number of hydrogen-bond donors (Lipinski definition) is 2. The molecule has 1 aromatic carbocycles. The Morgan fingerprint density at radius 1 is 1.43 bits per heavy atom. The molecule has 0 spiro atoms. The van der Waals surface area contributed by atoms with E-state index in [4.69, 9.17) is 0 Å². The number of nitro groups is 1. The van der Waals surface area contributed by atoms with E-state index in [9.17, 15) is 19.6 Å². The molecule has 1 saturated heterocycles. The first-order valence-corrected chi connectivity index (χ1v) is 6.77. The van der Waals surface area contributed by atoms with Gasteiger partial charge in [0, 0.05) is 37.8 Å². The van der Waals surface area contributed by atoms with Gasteiger partial charge in [-0.05, 0) is 12.5 Å². The van der Waals surface area contributed by atoms with E-state index in [-0.39, 0.29) is 36.4 Å². The second kappa shape index (κ2) is 9.67. The first-order chi connectivity index (χ1) is 10.0. The number of nitro benzene ring substituents is 1. The van der Waals surface area contributed by atoms with Crippen molar-refractivity contribution in [1.29, 1.82) is 0 Å². The number of benzene rings is 1. The van der Waals surface area contributed by atoms with Crippen LogP contribution in [0.15, 0.2) is 24.8 Å². The van der Waals surface area contributed by atoms with Gasteiger partial charge in [0.15, 0.2) is 5.75 Å². The van der Waals surface area contributed by atoms with E-state index >= 15 is 0 Å². The molecule has 0 bridgehead atoms. The molecule has 9 heteroatoms. The largest absolute Gasteiger partial charge is 0.502 e. The minimum Gasteiger partial charge on any atom is -0.502 e. The van der Waals surface area contributed by atoms with Crippen LogP contribution in [0.2, 0.25) is 0 Å². The number of phenols is 1. The summed E-state index contributed by atoms with van der Waals surface area (Å²) < 4.78 is 13.7. The van der Waals surface area contributed by atoms with Crippen molar-refractivity contribution in [2.45, 2.75) is 12.5 Å². The zero-order valence-corrected chi connectivity index (χ0v) is 14.0. The molecule has 0 saturated carbocycles. The van der Waals surface area contributed by atoms with Crippen LogP contribution in [-0.2, 0) is 0 Å². The standard InChI is InChI=1S/C14H18FN3O3.2ClH/c1-2-3-12(17-6-4-16-5-7-17)11-8-10(15)9-13(14(11)19)18(20)21;;/h2,8-9,12,16,19H,1,3-7H2;2*1H/t12-;;/m1../s1. The zero-order chi connectivity index (χ0) is 15.4. The summed E-state index contributed by atoms with van der Waals surface area (Å²) in [4.78, 5) is 12.2. The third kappa shape index (κ3) is 5.04. The minimum absolute atomic E-state index is 0. The van der Waals surface area contributed by atoms with Gasteiger partial charge in [-0.2, -0.15) is 0 Å². The summed E-state index contributed by atoms with van der Waals surface area (Å²) >= 11 is 0. The molecule has 1 aliphatic heterocycles. The molecular formula is C14H20Cl2FN3O3. The zero-order valence-electron chi connectivity index (χ0n) is 12.4. The highest BCUT2D eigenvalue weighted by atomic mass is 35.5. The number of phenolic OH excluding ortho intramolecular Hbond substituents is 1. The highest BCUT2D eigenvalue weighted by Crippen LogP contribution is 2.38. The van der Waals surface area contributed by atoms with E-state index in [2.05, 4.69) is 16.8 Å². The van der Waals surface area contributed by atoms with E-state index in [0.717, 1.165) is 32.2 Å². The maximum atomic E-state index is 13.7. The molecule has 0 amide bonds. The molecular weight excluding hydrogens is 348 g/mol. The van der Waals surface area contributed by atoms with Crippen LogP contribution >= 0.6 is 24.8 Å². The molecule has 1 fully saturated rings. The highest BCUT2D eigenvalue weighted by Gasteiger charge is 2.28. The molecule has 1 aliphatic rings. The second-order valence-corrected chi connectivity index (χ2v) is 4.95. The molecule has 2 rings (SSSR count). The van der Waals surface area contributed by atoms with Crippen molar-refractivity contribution in [3.63, 3.8) is 0 Å². The van der Waals surface area contributed by atoms with Gasteiger partial charge in [-0.1, -0.05) is 6.08 Å². The first-order valence-electron chi connectivity index (χ1n) is 6.77.